The molecule has 2 nitrogen and oxygen atoms in total. The van der Waals surface area contributed by atoms with Crippen LogP contribution in [0.5, 0.6) is 0 Å². The maximum atomic E-state index is 11.9. The smallest absolute Gasteiger partial charge is 0.155 e. The topological polar surface area (TPSA) is 17.1 Å². The predicted molar refractivity (Wildman–Crippen MR) is 98.5 cm³/mol. The van der Waals surface area contributed by atoms with Crippen LogP contribution in [0, 0.1) is 28.6 Å². The van der Waals surface area contributed by atoms with E-state index in [0.717, 1.165) is 41.1 Å². The summed E-state index contributed by atoms with van der Waals surface area (Å²) in [5, 5.41) is 0. The standard InChI is InChI=1S/C22H36NO.HI/c1-21-12-10-16(24)14-15(21)6-7-17-18-8-9-20(23(3,4)5)22(18,2)13-11-19(17)21;/h14,17-20H,6-13H2,1-5H3;1H/q+1;/p-1. The molecule has 3 fully saturated rings. The van der Waals surface area contributed by atoms with Crippen molar-refractivity contribution in [1.82, 2.24) is 0 Å². The van der Waals surface area contributed by atoms with Crippen LogP contribution < -0.4 is 24.0 Å². The highest BCUT2D eigenvalue weighted by Gasteiger charge is 2.61. The van der Waals surface area contributed by atoms with Crippen molar-refractivity contribution in [2.24, 2.45) is 28.6 Å². The van der Waals surface area contributed by atoms with Crippen molar-refractivity contribution < 1.29 is 33.3 Å². The Morgan fingerprint density at radius 3 is 2.36 bits per heavy atom. The number of rotatable bonds is 1. The van der Waals surface area contributed by atoms with Crippen molar-refractivity contribution in [1.29, 1.82) is 0 Å². The molecule has 142 valence electrons. The molecule has 0 aromatic heterocycles. The second-order valence-electron chi connectivity index (χ2n) is 10.7. The van der Waals surface area contributed by atoms with Crippen LogP contribution in [0.1, 0.15) is 65.2 Å². The number of hydrogen-bond acceptors (Lipinski definition) is 1. The SMILES string of the molecule is CC12CCC(=O)C=C1CCC1C2CCC2(C)C1CCC2[N+](C)(C)C.[I-]. The first-order valence-electron chi connectivity index (χ1n) is 10.2. The number of carbonyl (C=O) groups is 1. The summed E-state index contributed by atoms with van der Waals surface area (Å²) in [6.07, 6.45) is 12.1. The highest BCUT2D eigenvalue weighted by molar-refractivity contribution is 5.91. The van der Waals surface area contributed by atoms with Crippen molar-refractivity contribution in [3.63, 3.8) is 0 Å². The summed E-state index contributed by atoms with van der Waals surface area (Å²) in [4.78, 5) is 11.9. The number of allylic oxidation sites excluding steroid dienone is 1. The van der Waals surface area contributed by atoms with E-state index in [1.807, 2.05) is 6.08 Å². The zero-order valence-corrected chi connectivity index (χ0v) is 18.9. The van der Waals surface area contributed by atoms with Gasteiger partial charge in [-0.25, -0.2) is 0 Å². The molecule has 0 saturated heterocycles. The minimum Gasteiger partial charge on any atom is -1.00 e. The van der Waals surface area contributed by atoms with Gasteiger partial charge in [-0.05, 0) is 67.8 Å². The van der Waals surface area contributed by atoms with E-state index in [4.69, 9.17) is 0 Å². The minimum absolute atomic E-state index is 0. The molecule has 0 amide bonds. The molecule has 0 N–H and O–H groups in total. The van der Waals surface area contributed by atoms with E-state index in [0.29, 0.717) is 16.6 Å². The molecule has 0 spiro atoms. The molecular weight excluding hydrogens is 421 g/mol. The second-order valence-corrected chi connectivity index (χ2v) is 10.7. The number of halogens is 1. The number of nitrogens with zero attached hydrogens (tertiary/aromatic N) is 1. The van der Waals surface area contributed by atoms with Gasteiger partial charge >= 0.3 is 0 Å². The van der Waals surface area contributed by atoms with Gasteiger partial charge in [0, 0.05) is 18.3 Å². The molecule has 25 heavy (non-hydrogen) atoms. The fourth-order valence-electron chi connectivity index (χ4n) is 7.80. The third kappa shape index (κ3) is 2.86. The third-order valence-corrected chi connectivity index (χ3v) is 8.85. The Morgan fingerprint density at radius 2 is 1.68 bits per heavy atom. The first-order valence-corrected chi connectivity index (χ1v) is 10.2. The van der Waals surface area contributed by atoms with E-state index >= 15 is 0 Å². The van der Waals surface area contributed by atoms with E-state index in [1.54, 1.807) is 0 Å². The first-order chi connectivity index (χ1) is 11.2. The van der Waals surface area contributed by atoms with Gasteiger partial charge in [0.25, 0.3) is 0 Å². The minimum atomic E-state index is 0. The third-order valence-electron chi connectivity index (χ3n) is 8.85. The Morgan fingerprint density at radius 1 is 0.960 bits per heavy atom. The van der Waals surface area contributed by atoms with Crippen LogP contribution in [0.3, 0.4) is 0 Å². The van der Waals surface area contributed by atoms with E-state index in [-0.39, 0.29) is 24.0 Å². The Balaban J connectivity index is 0.00000182. The molecule has 3 heteroatoms. The molecule has 0 aromatic carbocycles. The molecule has 3 saturated carbocycles. The lowest BCUT2D eigenvalue weighted by atomic mass is 9.47. The highest BCUT2D eigenvalue weighted by Crippen LogP contribution is 2.66. The van der Waals surface area contributed by atoms with Crippen LogP contribution in [0.4, 0.5) is 0 Å². The van der Waals surface area contributed by atoms with Crippen LogP contribution in [0.25, 0.3) is 0 Å². The molecule has 6 atom stereocenters. The summed E-state index contributed by atoms with van der Waals surface area (Å²) >= 11 is 0. The zero-order valence-electron chi connectivity index (χ0n) is 16.8. The van der Waals surface area contributed by atoms with Crippen LogP contribution in [-0.4, -0.2) is 37.5 Å². The lowest BCUT2D eigenvalue weighted by molar-refractivity contribution is -0.903. The maximum Gasteiger partial charge on any atom is 0.155 e. The monoisotopic (exact) mass is 457 g/mol. The summed E-state index contributed by atoms with van der Waals surface area (Å²) < 4.78 is 1.13. The molecular formula is C22H36INO. The number of fused-ring (bicyclic) bond motifs is 5. The normalized spacial score (nSPS) is 46.4. The Hall–Kier alpha value is 0.1000. The van der Waals surface area contributed by atoms with Gasteiger partial charge < -0.3 is 28.5 Å². The van der Waals surface area contributed by atoms with E-state index in [2.05, 4.69) is 35.0 Å². The van der Waals surface area contributed by atoms with Crippen LogP contribution in [0.2, 0.25) is 0 Å². The molecule has 0 heterocycles. The van der Waals surface area contributed by atoms with Gasteiger partial charge in [-0.15, -0.1) is 0 Å². The summed E-state index contributed by atoms with van der Waals surface area (Å²) in [6, 6.07) is 0.820. The van der Waals surface area contributed by atoms with E-state index < -0.39 is 0 Å². The van der Waals surface area contributed by atoms with Crippen molar-refractivity contribution >= 4 is 5.78 Å². The van der Waals surface area contributed by atoms with Gasteiger partial charge in [0.15, 0.2) is 5.78 Å². The van der Waals surface area contributed by atoms with Gasteiger partial charge in [0.1, 0.15) is 0 Å². The van der Waals surface area contributed by atoms with Crippen LogP contribution in [-0.2, 0) is 4.79 Å². The molecule has 0 radical (unpaired) electrons. The fraction of sp³-hybridized carbons (Fsp3) is 0.864. The van der Waals surface area contributed by atoms with Crippen molar-refractivity contribution in [3.05, 3.63) is 11.6 Å². The van der Waals surface area contributed by atoms with Gasteiger partial charge in [0.05, 0.1) is 27.2 Å². The summed E-state index contributed by atoms with van der Waals surface area (Å²) in [5.74, 6) is 3.02. The lowest BCUT2D eigenvalue weighted by Gasteiger charge is -2.58. The maximum absolute atomic E-state index is 11.9. The average Bonchev–Trinajstić information content (AvgIpc) is 2.85. The van der Waals surface area contributed by atoms with E-state index in [1.165, 1.54) is 44.1 Å². The summed E-state index contributed by atoms with van der Waals surface area (Å²) in [5.41, 5.74) is 2.36. The van der Waals surface area contributed by atoms with Crippen LogP contribution in [0.15, 0.2) is 11.6 Å². The summed E-state index contributed by atoms with van der Waals surface area (Å²) in [6.45, 7) is 5.12. The Kier molecular flexibility index (Phi) is 5.02. The molecule has 4 aliphatic carbocycles. The molecule has 4 aliphatic rings. The number of quaternary nitrogens is 1. The summed E-state index contributed by atoms with van der Waals surface area (Å²) in [7, 11) is 7.21. The molecule has 4 rings (SSSR count). The average molecular weight is 457 g/mol. The van der Waals surface area contributed by atoms with Gasteiger partial charge in [-0.3, -0.25) is 4.79 Å². The van der Waals surface area contributed by atoms with Crippen molar-refractivity contribution in [3.8, 4) is 0 Å². The molecule has 6 unspecified atom stereocenters. The van der Waals surface area contributed by atoms with Crippen molar-refractivity contribution in [2.45, 2.75) is 71.3 Å². The molecule has 0 aliphatic heterocycles. The van der Waals surface area contributed by atoms with E-state index in [9.17, 15) is 4.79 Å². The predicted octanol–water partition coefficient (Wildman–Crippen LogP) is 1.60. The fourth-order valence-corrected chi connectivity index (χ4v) is 7.80. The number of carbonyl (C=O) groups excluding carboxylic acids is 1. The van der Waals surface area contributed by atoms with Crippen LogP contribution >= 0.6 is 0 Å². The van der Waals surface area contributed by atoms with Gasteiger partial charge in [-0.1, -0.05) is 19.4 Å². The number of ketones is 1. The first kappa shape index (κ1) is 19.9. The highest BCUT2D eigenvalue weighted by atomic mass is 127. The van der Waals surface area contributed by atoms with Gasteiger partial charge in [0.2, 0.25) is 0 Å². The largest absolute Gasteiger partial charge is 1.00 e. The Labute approximate surface area is 171 Å². The lowest BCUT2D eigenvalue weighted by Crippen LogP contribution is -3.00. The second kappa shape index (κ2) is 6.32. The zero-order chi connectivity index (χ0) is 17.3. The molecule has 0 bridgehead atoms. The van der Waals surface area contributed by atoms with Gasteiger partial charge in [-0.2, -0.15) is 0 Å². The Bertz CT molecular complexity index is 591. The number of hydrogen-bond donors (Lipinski definition) is 0. The van der Waals surface area contributed by atoms with Crippen molar-refractivity contribution in [2.75, 3.05) is 21.1 Å². The molecule has 0 aromatic rings. The quantitative estimate of drug-likeness (QED) is 0.432.